The van der Waals surface area contributed by atoms with Gasteiger partial charge in [-0.25, -0.2) is 14.8 Å². The van der Waals surface area contributed by atoms with Crippen molar-refractivity contribution in [1.82, 2.24) is 30.4 Å². The van der Waals surface area contributed by atoms with Gasteiger partial charge in [0.05, 0.1) is 11.6 Å². The third-order valence-corrected chi connectivity index (χ3v) is 8.86. The number of fused-ring (bicyclic) bond motifs is 2. The number of nitrogens with zero attached hydrogens (tertiary/aromatic N) is 4. The number of carbonyl (C=O) groups is 3. The maximum absolute atomic E-state index is 14.0. The Morgan fingerprint density at radius 1 is 1.12 bits per heavy atom. The molecule has 0 saturated carbocycles. The van der Waals surface area contributed by atoms with Crippen LogP contribution in [0.4, 0.5) is 5.82 Å². The van der Waals surface area contributed by atoms with Crippen molar-refractivity contribution in [2.75, 3.05) is 11.5 Å². The molecule has 13 heteroatoms. The molecule has 2 amide bonds. The highest BCUT2D eigenvalue weighted by Crippen LogP contribution is 2.45. The van der Waals surface area contributed by atoms with Crippen LogP contribution in [-0.4, -0.2) is 60.0 Å². The fourth-order valence-electron chi connectivity index (χ4n) is 4.62. The van der Waals surface area contributed by atoms with E-state index in [0.29, 0.717) is 26.8 Å². The number of nitrogen functional groups attached to an aromatic ring is 1. The van der Waals surface area contributed by atoms with Gasteiger partial charge in [-0.3, -0.25) is 19.6 Å². The molecule has 4 heterocycles. The molecule has 4 aromatic rings. The molecule has 2 aliphatic heterocycles. The zero-order chi connectivity index (χ0) is 27.8. The van der Waals surface area contributed by atoms with E-state index in [9.17, 15) is 14.4 Å². The van der Waals surface area contributed by atoms with Crippen molar-refractivity contribution in [3.8, 4) is 0 Å². The predicted molar refractivity (Wildman–Crippen MR) is 150 cm³/mol. The fourth-order valence-corrected chi connectivity index (χ4v) is 7.03. The summed E-state index contributed by atoms with van der Waals surface area (Å²) in [6.45, 7) is 1.35. The number of aromatic nitrogens is 4. The number of carbonyl (C=O) groups excluding carboxylic acids is 3. The molecule has 2 aromatic carbocycles. The molecule has 4 N–H and O–H groups in total. The van der Waals surface area contributed by atoms with E-state index in [4.69, 9.17) is 10.5 Å². The van der Waals surface area contributed by atoms with Gasteiger partial charge in [0.2, 0.25) is 5.91 Å². The minimum absolute atomic E-state index is 0.101. The van der Waals surface area contributed by atoms with Crippen molar-refractivity contribution in [3.05, 3.63) is 88.6 Å². The normalized spacial score (nSPS) is 18.4. The summed E-state index contributed by atoms with van der Waals surface area (Å²) in [5, 5.41) is 9.86. The molecular weight excluding hydrogens is 550 g/mol. The molecular formula is C27H23N7O4S2. The van der Waals surface area contributed by atoms with Gasteiger partial charge >= 0.3 is 5.97 Å². The number of thioether (sulfide) groups is 2. The van der Waals surface area contributed by atoms with Gasteiger partial charge in [-0.1, -0.05) is 72.4 Å². The second kappa shape index (κ2) is 10.7. The van der Waals surface area contributed by atoms with Crippen molar-refractivity contribution < 1.29 is 19.1 Å². The van der Waals surface area contributed by atoms with Gasteiger partial charge in [0, 0.05) is 17.6 Å². The van der Waals surface area contributed by atoms with Crippen LogP contribution in [0, 0.1) is 0 Å². The summed E-state index contributed by atoms with van der Waals surface area (Å²) in [6, 6.07) is 18.1. The summed E-state index contributed by atoms with van der Waals surface area (Å²) in [6.07, 6.45) is 0.827. The van der Waals surface area contributed by atoms with Crippen LogP contribution in [0.15, 0.2) is 82.6 Å². The monoisotopic (exact) mass is 573 g/mol. The number of benzene rings is 2. The molecule has 1 unspecified atom stereocenters. The summed E-state index contributed by atoms with van der Waals surface area (Å²) in [7, 11) is 0. The van der Waals surface area contributed by atoms with Crippen molar-refractivity contribution in [3.63, 3.8) is 0 Å². The molecule has 2 atom stereocenters. The van der Waals surface area contributed by atoms with Crippen LogP contribution in [0.3, 0.4) is 0 Å². The van der Waals surface area contributed by atoms with Crippen molar-refractivity contribution in [2.45, 2.75) is 29.6 Å². The Hall–Kier alpha value is -4.36. The van der Waals surface area contributed by atoms with E-state index in [-0.39, 0.29) is 17.4 Å². The van der Waals surface area contributed by atoms with E-state index in [1.54, 1.807) is 0 Å². The van der Waals surface area contributed by atoms with E-state index in [1.807, 2.05) is 60.7 Å². The van der Waals surface area contributed by atoms with Gasteiger partial charge in [-0.05, 0) is 11.1 Å². The molecule has 0 aliphatic carbocycles. The molecule has 1 saturated heterocycles. The number of anilines is 1. The number of β-lactam (4-membered cyclic amide) rings is 1. The summed E-state index contributed by atoms with van der Waals surface area (Å²) < 4.78 is 6.15. The van der Waals surface area contributed by atoms with Crippen LogP contribution < -0.4 is 11.1 Å². The first-order valence-electron chi connectivity index (χ1n) is 12.3. The number of nitrogens with two attached hydrogens (primary N) is 1. The molecule has 202 valence electrons. The zero-order valence-electron chi connectivity index (χ0n) is 21.1. The van der Waals surface area contributed by atoms with Crippen molar-refractivity contribution >= 4 is 58.2 Å². The second-order valence-electron chi connectivity index (χ2n) is 9.09. The van der Waals surface area contributed by atoms with Crippen molar-refractivity contribution in [2.24, 2.45) is 0 Å². The first kappa shape index (κ1) is 25.9. The highest BCUT2D eigenvalue weighted by atomic mass is 32.2. The Kier molecular flexibility index (Phi) is 6.90. The minimum atomic E-state index is -0.732. The maximum atomic E-state index is 14.0. The number of nitrogens with one attached hydrogen (secondary N) is 2. The van der Waals surface area contributed by atoms with Crippen LogP contribution in [0.2, 0.25) is 0 Å². The lowest BCUT2D eigenvalue weighted by Gasteiger charge is -2.49. The van der Waals surface area contributed by atoms with Crippen LogP contribution in [0.1, 0.15) is 24.2 Å². The Bertz CT molecular complexity index is 1610. The molecule has 0 spiro atoms. The van der Waals surface area contributed by atoms with Gasteiger partial charge < -0.3 is 15.8 Å². The SMILES string of the molecule is CC(=O)NC1C(=O)N2C(C(=O)OC(c3ccccc3)c3ccccc3)=C(Sc3nc(N)c4cn[nH]c4n3)CS[C@H]12. The van der Waals surface area contributed by atoms with Crippen LogP contribution in [0.5, 0.6) is 0 Å². The summed E-state index contributed by atoms with van der Waals surface area (Å²) in [5.41, 5.74) is 8.23. The largest absolute Gasteiger partial charge is 0.448 e. The number of esters is 1. The van der Waals surface area contributed by atoms with Gasteiger partial charge in [-0.2, -0.15) is 5.10 Å². The molecule has 6 rings (SSSR count). The summed E-state index contributed by atoms with van der Waals surface area (Å²) >= 11 is 2.57. The third-order valence-electron chi connectivity index (χ3n) is 6.45. The Morgan fingerprint density at radius 2 is 1.80 bits per heavy atom. The molecule has 0 bridgehead atoms. The number of rotatable bonds is 7. The van der Waals surface area contributed by atoms with E-state index in [0.717, 1.165) is 22.9 Å². The number of hydrogen-bond donors (Lipinski definition) is 3. The van der Waals surface area contributed by atoms with E-state index >= 15 is 0 Å². The zero-order valence-corrected chi connectivity index (χ0v) is 22.7. The highest BCUT2D eigenvalue weighted by molar-refractivity contribution is 8.06. The first-order chi connectivity index (χ1) is 19.4. The molecule has 11 nitrogen and oxygen atoms in total. The summed E-state index contributed by atoms with van der Waals surface area (Å²) in [5.74, 6) is -0.776. The molecule has 1 fully saturated rings. The molecule has 2 aromatic heterocycles. The molecule has 0 radical (unpaired) electrons. The fraction of sp³-hybridized carbons (Fsp3) is 0.185. The van der Waals surface area contributed by atoms with E-state index in [2.05, 4.69) is 25.5 Å². The quantitative estimate of drug-likeness (QED) is 0.171. The van der Waals surface area contributed by atoms with E-state index < -0.39 is 29.4 Å². The average molecular weight is 574 g/mol. The lowest BCUT2D eigenvalue weighted by molar-refractivity contribution is -0.154. The molecule has 2 aliphatic rings. The number of amides is 2. The van der Waals surface area contributed by atoms with Crippen LogP contribution >= 0.6 is 23.5 Å². The number of hydrogen-bond acceptors (Lipinski definition) is 10. The lowest BCUT2D eigenvalue weighted by atomic mass is 10.0. The van der Waals surface area contributed by atoms with Crippen LogP contribution in [-0.2, 0) is 19.1 Å². The smallest absolute Gasteiger partial charge is 0.356 e. The summed E-state index contributed by atoms with van der Waals surface area (Å²) in [4.78, 5) is 49.7. The topological polar surface area (TPSA) is 156 Å². The van der Waals surface area contributed by atoms with Gasteiger partial charge in [-0.15, -0.1) is 11.8 Å². The van der Waals surface area contributed by atoms with E-state index in [1.165, 1.54) is 29.8 Å². The predicted octanol–water partition coefficient (Wildman–Crippen LogP) is 2.99. The second-order valence-corrected chi connectivity index (χ2v) is 11.3. The third kappa shape index (κ3) is 4.77. The number of H-pyrrole nitrogens is 1. The maximum Gasteiger partial charge on any atom is 0.356 e. The minimum Gasteiger partial charge on any atom is -0.448 e. The number of aromatic amines is 1. The first-order valence-corrected chi connectivity index (χ1v) is 14.2. The van der Waals surface area contributed by atoms with Crippen LogP contribution in [0.25, 0.3) is 11.0 Å². The molecule has 40 heavy (non-hydrogen) atoms. The van der Waals surface area contributed by atoms with Gasteiger partial charge in [0.25, 0.3) is 5.91 Å². The Labute approximate surface area is 237 Å². The Balaban J connectivity index is 1.39. The number of ether oxygens (including phenoxy) is 1. The van der Waals surface area contributed by atoms with Gasteiger partial charge in [0.1, 0.15) is 22.9 Å². The standard InChI is InChI=1S/C27H23N7O4S2/c1-14(35)30-19-24(36)34-20(26(37)38-21(15-8-4-2-5-9-15)16-10-6-3-7-11-16)18(13-39-25(19)34)40-27-31-22(28)17-12-29-33-23(17)32-27/h2-12,19,21,25H,13H2,1H3,(H,30,35)(H3,28,29,31,32,33)/t19?,25-/m1/s1. The highest BCUT2D eigenvalue weighted by Gasteiger charge is 2.54. The lowest BCUT2D eigenvalue weighted by Crippen LogP contribution is -2.70. The van der Waals surface area contributed by atoms with Crippen molar-refractivity contribution in [1.29, 1.82) is 0 Å². The van der Waals surface area contributed by atoms with Gasteiger partial charge in [0.15, 0.2) is 16.9 Å². The average Bonchev–Trinajstić information content (AvgIpc) is 3.44. The Morgan fingerprint density at radius 3 is 2.45 bits per heavy atom.